The summed E-state index contributed by atoms with van der Waals surface area (Å²) in [5.41, 5.74) is 2.43. The number of hydrogen-bond acceptors (Lipinski definition) is 3. The fourth-order valence-corrected chi connectivity index (χ4v) is 4.15. The van der Waals surface area contributed by atoms with Crippen molar-refractivity contribution in [1.29, 1.82) is 0 Å². The lowest BCUT2D eigenvalue weighted by atomic mass is 10.1. The van der Waals surface area contributed by atoms with Gasteiger partial charge in [-0.25, -0.2) is 0 Å². The van der Waals surface area contributed by atoms with Crippen LogP contribution >= 0.6 is 11.8 Å². The van der Waals surface area contributed by atoms with Crippen LogP contribution in [0.15, 0.2) is 36.5 Å². The van der Waals surface area contributed by atoms with Crippen LogP contribution in [0.3, 0.4) is 0 Å². The van der Waals surface area contributed by atoms with E-state index < -0.39 is 0 Å². The molecule has 0 amide bonds. The number of thioether (sulfide) groups is 1. The number of pyridine rings is 1. The molecule has 2 nitrogen and oxygen atoms in total. The minimum Gasteiger partial charge on any atom is -0.311 e. The van der Waals surface area contributed by atoms with E-state index >= 15 is 0 Å². The Kier molecular flexibility index (Phi) is 4.27. The molecular weight excluding hydrogens is 264 g/mol. The van der Waals surface area contributed by atoms with Gasteiger partial charge < -0.3 is 5.32 Å². The van der Waals surface area contributed by atoms with Crippen molar-refractivity contribution in [2.75, 3.05) is 12.8 Å². The Bertz CT molecular complexity index is 571. The Morgan fingerprint density at radius 2 is 2.00 bits per heavy atom. The van der Waals surface area contributed by atoms with E-state index in [-0.39, 0.29) is 0 Å². The Labute approximate surface area is 125 Å². The minimum atomic E-state index is 0.470. The van der Waals surface area contributed by atoms with Crippen molar-refractivity contribution in [3.05, 3.63) is 42.1 Å². The largest absolute Gasteiger partial charge is 0.311 e. The zero-order valence-corrected chi connectivity index (χ0v) is 12.9. The van der Waals surface area contributed by atoms with E-state index in [9.17, 15) is 0 Å². The SMILES string of the molecule is CSC1(CNCc2cccc3cccnc23)CCCC1. The lowest BCUT2D eigenvalue weighted by Crippen LogP contribution is -2.34. The number of hydrogen-bond donors (Lipinski definition) is 1. The number of benzene rings is 1. The highest BCUT2D eigenvalue weighted by Gasteiger charge is 2.32. The highest BCUT2D eigenvalue weighted by molar-refractivity contribution is 8.00. The maximum Gasteiger partial charge on any atom is 0.0746 e. The molecule has 3 rings (SSSR count). The topological polar surface area (TPSA) is 24.9 Å². The van der Waals surface area contributed by atoms with Crippen LogP contribution in [0.5, 0.6) is 0 Å². The van der Waals surface area contributed by atoms with Crippen molar-refractivity contribution in [3.8, 4) is 0 Å². The van der Waals surface area contributed by atoms with E-state index in [1.54, 1.807) is 0 Å². The predicted molar refractivity (Wildman–Crippen MR) is 88.2 cm³/mol. The van der Waals surface area contributed by atoms with Gasteiger partial charge in [0.05, 0.1) is 5.52 Å². The molecule has 1 aromatic heterocycles. The predicted octanol–water partition coefficient (Wildman–Crippen LogP) is 4.00. The molecule has 2 aromatic rings. The van der Waals surface area contributed by atoms with E-state index in [0.29, 0.717) is 4.75 Å². The van der Waals surface area contributed by atoms with Gasteiger partial charge in [0, 0.05) is 29.4 Å². The maximum atomic E-state index is 4.52. The van der Waals surface area contributed by atoms with Crippen LogP contribution in [0, 0.1) is 0 Å². The highest BCUT2D eigenvalue weighted by Crippen LogP contribution is 2.39. The van der Waals surface area contributed by atoms with Gasteiger partial charge in [-0.3, -0.25) is 4.98 Å². The second-order valence-electron chi connectivity index (χ2n) is 5.69. The fourth-order valence-electron chi connectivity index (χ4n) is 3.21. The molecule has 1 heterocycles. The molecule has 1 aliphatic carbocycles. The first-order valence-corrected chi connectivity index (χ1v) is 8.64. The van der Waals surface area contributed by atoms with Gasteiger partial charge in [0.15, 0.2) is 0 Å². The van der Waals surface area contributed by atoms with Crippen LogP contribution in [-0.4, -0.2) is 22.5 Å². The van der Waals surface area contributed by atoms with Crippen molar-refractivity contribution < 1.29 is 0 Å². The Hall–Kier alpha value is -1.06. The third-order valence-electron chi connectivity index (χ3n) is 4.43. The van der Waals surface area contributed by atoms with Crippen molar-refractivity contribution in [2.45, 2.75) is 37.0 Å². The molecule has 1 saturated carbocycles. The smallest absolute Gasteiger partial charge is 0.0746 e. The first-order valence-electron chi connectivity index (χ1n) is 7.41. The zero-order chi connectivity index (χ0) is 13.8. The van der Waals surface area contributed by atoms with Crippen LogP contribution in [0.1, 0.15) is 31.2 Å². The first kappa shape index (κ1) is 13.9. The summed E-state index contributed by atoms with van der Waals surface area (Å²) in [7, 11) is 0. The van der Waals surface area contributed by atoms with Crippen LogP contribution in [0.25, 0.3) is 10.9 Å². The van der Waals surface area contributed by atoms with Crippen LogP contribution in [-0.2, 0) is 6.54 Å². The average Bonchev–Trinajstić information content (AvgIpc) is 2.97. The molecule has 0 aliphatic heterocycles. The minimum absolute atomic E-state index is 0.470. The Balaban J connectivity index is 1.68. The number of para-hydroxylation sites is 1. The summed E-state index contributed by atoms with van der Waals surface area (Å²) in [5, 5.41) is 4.90. The molecule has 20 heavy (non-hydrogen) atoms. The van der Waals surface area contributed by atoms with Gasteiger partial charge in [-0.2, -0.15) is 11.8 Å². The summed E-state index contributed by atoms with van der Waals surface area (Å²) in [4.78, 5) is 4.52. The summed E-state index contributed by atoms with van der Waals surface area (Å²) in [6.07, 6.45) is 9.62. The molecule has 1 N–H and O–H groups in total. The number of rotatable bonds is 5. The molecule has 1 aliphatic rings. The van der Waals surface area contributed by atoms with Crippen LogP contribution in [0.4, 0.5) is 0 Å². The molecule has 1 fully saturated rings. The Morgan fingerprint density at radius 3 is 2.80 bits per heavy atom. The molecule has 0 spiro atoms. The molecule has 0 atom stereocenters. The van der Waals surface area contributed by atoms with Gasteiger partial charge >= 0.3 is 0 Å². The second-order valence-corrected chi connectivity index (χ2v) is 6.96. The molecule has 0 unspecified atom stereocenters. The summed E-state index contributed by atoms with van der Waals surface area (Å²) < 4.78 is 0.470. The first-order chi connectivity index (χ1) is 9.83. The number of nitrogens with zero attached hydrogens (tertiary/aromatic N) is 1. The number of nitrogens with one attached hydrogen (secondary N) is 1. The van der Waals surface area contributed by atoms with Gasteiger partial charge in [-0.05, 0) is 30.7 Å². The van der Waals surface area contributed by atoms with E-state index in [0.717, 1.165) is 18.6 Å². The lowest BCUT2D eigenvalue weighted by molar-refractivity contribution is 0.534. The summed E-state index contributed by atoms with van der Waals surface area (Å²) in [5.74, 6) is 0. The second kappa shape index (κ2) is 6.15. The molecule has 3 heteroatoms. The van der Waals surface area contributed by atoms with Gasteiger partial charge in [-0.1, -0.05) is 37.1 Å². The van der Waals surface area contributed by atoms with Crippen LogP contribution in [0.2, 0.25) is 0 Å². The van der Waals surface area contributed by atoms with E-state index in [1.165, 1.54) is 36.6 Å². The van der Waals surface area contributed by atoms with E-state index in [2.05, 4.69) is 40.8 Å². The molecule has 0 saturated heterocycles. The summed E-state index contributed by atoms with van der Waals surface area (Å²) in [6, 6.07) is 10.6. The summed E-state index contributed by atoms with van der Waals surface area (Å²) >= 11 is 2.04. The number of aromatic nitrogens is 1. The van der Waals surface area contributed by atoms with Gasteiger partial charge in [0.25, 0.3) is 0 Å². The highest BCUT2D eigenvalue weighted by atomic mass is 32.2. The summed E-state index contributed by atoms with van der Waals surface area (Å²) in [6.45, 7) is 2.02. The molecule has 1 aromatic carbocycles. The standard InChI is InChI=1S/C17H22N2S/c1-20-17(9-2-3-10-17)13-18-12-15-7-4-6-14-8-5-11-19-16(14)15/h4-8,11,18H,2-3,9-10,12-13H2,1H3. The quantitative estimate of drug-likeness (QED) is 0.899. The van der Waals surface area contributed by atoms with Crippen molar-refractivity contribution >= 4 is 22.7 Å². The third-order valence-corrected chi connectivity index (χ3v) is 5.85. The lowest BCUT2D eigenvalue weighted by Gasteiger charge is -2.27. The van der Waals surface area contributed by atoms with Gasteiger partial charge in [-0.15, -0.1) is 0 Å². The Morgan fingerprint density at radius 1 is 1.20 bits per heavy atom. The molecule has 0 radical (unpaired) electrons. The van der Waals surface area contributed by atoms with E-state index in [4.69, 9.17) is 0 Å². The van der Waals surface area contributed by atoms with Gasteiger partial charge in [0.2, 0.25) is 0 Å². The van der Waals surface area contributed by atoms with Crippen molar-refractivity contribution in [3.63, 3.8) is 0 Å². The van der Waals surface area contributed by atoms with E-state index in [1.807, 2.05) is 24.0 Å². The maximum absolute atomic E-state index is 4.52. The zero-order valence-electron chi connectivity index (χ0n) is 12.1. The van der Waals surface area contributed by atoms with Crippen LogP contribution < -0.4 is 5.32 Å². The fraction of sp³-hybridized carbons (Fsp3) is 0.471. The monoisotopic (exact) mass is 286 g/mol. The number of fused-ring (bicyclic) bond motifs is 1. The third kappa shape index (κ3) is 2.84. The molecule has 106 valence electrons. The normalized spacial score (nSPS) is 17.6. The van der Waals surface area contributed by atoms with Crippen molar-refractivity contribution in [1.82, 2.24) is 10.3 Å². The van der Waals surface area contributed by atoms with Gasteiger partial charge in [0.1, 0.15) is 0 Å². The van der Waals surface area contributed by atoms with Crippen molar-refractivity contribution in [2.24, 2.45) is 0 Å². The molecule has 0 bridgehead atoms. The molecular formula is C17H22N2S. The average molecular weight is 286 g/mol.